The van der Waals surface area contributed by atoms with Gasteiger partial charge in [0.15, 0.2) is 0 Å². The number of thioether (sulfide) groups is 1. The maximum Gasteiger partial charge on any atom is 0.0381 e. The van der Waals surface area contributed by atoms with Gasteiger partial charge < -0.3 is 0 Å². The Labute approximate surface area is 71.3 Å². The molecule has 1 aromatic carbocycles. The van der Waals surface area contributed by atoms with E-state index in [0.29, 0.717) is 0 Å². The molecule has 0 amide bonds. The van der Waals surface area contributed by atoms with Crippen molar-refractivity contribution in [1.29, 1.82) is 0 Å². The highest BCUT2D eigenvalue weighted by Gasteiger charge is 1.94. The van der Waals surface area contributed by atoms with Crippen LogP contribution in [0.2, 0.25) is 0 Å². The van der Waals surface area contributed by atoms with E-state index in [1.54, 1.807) is 17.2 Å². The first-order chi connectivity index (χ1) is 5.38. The van der Waals surface area contributed by atoms with Crippen LogP contribution in [0.25, 0.3) is 0 Å². The zero-order chi connectivity index (χ0) is 8.10. The Morgan fingerprint density at radius 3 is 2.82 bits per heavy atom. The van der Waals surface area contributed by atoms with E-state index < -0.39 is 0 Å². The first kappa shape index (κ1) is 7.97. The number of benzene rings is 1. The molecule has 11 heavy (non-hydrogen) atoms. The smallest absolute Gasteiger partial charge is 0.0381 e. The van der Waals surface area contributed by atoms with E-state index in [-0.39, 0.29) is 0 Å². The second-order valence-electron chi connectivity index (χ2n) is 1.93. The molecule has 0 saturated carbocycles. The largest absolute Gasteiger partial charge is 0.115 e. The highest BCUT2D eigenvalue weighted by molar-refractivity contribution is 8.02. The van der Waals surface area contributed by atoms with Gasteiger partial charge in [0.1, 0.15) is 0 Å². The molecule has 0 heterocycles. The summed E-state index contributed by atoms with van der Waals surface area (Å²) in [5, 5.41) is 1.77. The summed E-state index contributed by atoms with van der Waals surface area (Å²) < 4.78 is 0. The summed E-state index contributed by atoms with van der Waals surface area (Å²) in [7, 11) is 0. The van der Waals surface area contributed by atoms with Crippen LogP contribution >= 0.6 is 11.8 Å². The van der Waals surface area contributed by atoms with Crippen LogP contribution < -0.4 is 0 Å². The van der Waals surface area contributed by atoms with Crippen molar-refractivity contribution in [3.05, 3.63) is 41.8 Å². The van der Waals surface area contributed by atoms with Crippen molar-refractivity contribution < 1.29 is 0 Å². The SMILES string of the molecule is C#Cc1ccccc1SC=C. The van der Waals surface area contributed by atoms with Crippen molar-refractivity contribution in [2.45, 2.75) is 4.90 Å². The summed E-state index contributed by atoms with van der Waals surface area (Å²) in [5.74, 6) is 2.61. The molecule has 1 aromatic rings. The minimum atomic E-state index is 0.928. The first-order valence-corrected chi connectivity index (χ1v) is 4.09. The summed E-state index contributed by atoms with van der Waals surface area (Å²) in [6, 6.07) is 7.81. The van der Waals surface area contributed by atoms with Crippen LogP contribution in [0.15, 0.2) is 41.1 Å². The van der Waals surface area contributed by atoms with E-state index in [2.05, 4.69) is 12.5 Å². The molecular weight excluding hydrogens is 152 g/mol. The Morgan fingerprint density at radius 1 is 1.45 bits per heavy atom. The average Bonchev–Trinajstić information content (AvgIpc) is 2.06. The van der Waals surface area contributed by atoms with Crippen molar-refractivity contribution in [2.24, 2.45) is 0 Å². The Kier molecular flexibility index (Phi) is 2.83. The summed E-state index contributed by atoms with van der Waals surface area (Å²) in [6.45, 7) is 3.63. The fraction of sp³-hybridized carbons (Fsp3) is 0. The quantitative estimate of drug-likeness (QED) is 0.473. The van der Waals surface area contributed by atoms with Gasteiger partial charge in [-0.2, -0.15) is 0 Å². The van der Waals surface area contributed by atoms with Crippen LogP contribution in [-0.2, 0) is 0 Å². The zero-order valence-electron chi connectivity index (χ0n) is 6.08. The van der Waals surface area contributed by atoms with Crippen LogP contribution in [0.4, 0.5) is 0 Å². The monoisotopic (exact) mass is 160 g/mol. The molecule has 0 aliphatic carbocycles. The molecule has 1 rings (SSSR count). The Bertz CT molecular complexity index is 294. The van der Waals surface area contributed by atoms with E-state index in [1.165, 1.54) is 0 Å². The molecule has 1 heteroatoms. The molecule has 0 unspecified atom stereocenters. The standard InChI is InChI=1S/C10H8S/c1-3-9-7-5-6-8-10(9)11-4-2/h1,4-8H,2H2. The van der Waals surface area contributed by atoms with Crippen LogP contribution in [0.5, 0.6) is 0 Å². The van der Waals surface area contributed by atoms with Crippen molar-refractivity contribution in [3.63, 3.8) is 0 Å². The van der Waals surface area contributed by atoms with Crippen molar-refractivity contribution >= 4 is 11.8 Å². The molecule has 0 fully saturated rings. The lowest BCUT2D eigenvalue weighted by molar-refractivity contribution is 1.42. The lowest BCUT2D eigenvalue weighted by Crippen LogP contribution is -1.76. The molecule has 54 valence electrons. The Hall–Kier alpha value is -1.13. The molecular formula is C10H8S. The van der Waals surface area contributed by atoms with Gasteiger partial charge >= 0.3 is 0 Å². The van der Waals surface area contributed by atoms with Gasteiger partial charge in [0.2, 0.25) is 0 Å². The van der Waals surface area contributed by atoms with E-state index in [9.17, 15) is 0 Å². The maximum absolute atomic E-state index is 5.28. The van der Waals surface area contributed by atoms with Gasteiger partial charge in [-0.05, 0) is 17.5 Å². The van der Waals surface area contributed by atoms with Crippen LogP contribution in [0.3, 0.4) is 0 Å². The minimum absolute atomic E-state index is 0.928. The van der Waals surface area contributed by atoms with Gasteiger partial charge in [-0.25, -0.2) is 0 Å². The summed E-state index contributed by atoms with van der Waals surface area (Å²) in [6.07, 6.45) is 5.28. The zero-order valence-corrected chi connectivity index (χ0v) is 6.90. The van der Waals surface area contributed by atoms with Gasteiger partial charge in [-0.3, -0.25) is 0 Å². The first-order valence-electron chi connectivity index (χ1n) is 3.21. The third-order valence-electron chi connectivity index (χ3n) is 1.25. The summed E-state index contributed by atoms with van der Waals surface area (Å²) in [5.41, 5.74) is 0.928. The van der Waals surface area contributed by atoms with Gasteiger partial charge in [0, 0.05) is 10.5 Å². The molecule has 0 spiro atoms. The lowest BCUT2D eigenvalue weighted by Gasteiger charge is -1.97. The van der Waals surface area contributed by atoms with E-state index in [0.717, 1.165) is 10.5 Å². The van der Waals surface area contributed by atoms with Gasteiger partial charge in [-0.15, -0.1) is 6.42 Å². The fourth-order valence-corrected chi connectivity index (χ4v) is 1.37. The molecule has 0 radical (unpaired) electrons. The topological polar surface area (TPSA) is 0 Å². The normalized spacial score (nSPS) is 8.64. The number of rotatable bonds is 2. The average molecular weight is 160 g/mol. The molecule has 0 bridgehead atoms. The summed E-state index contributed by atoms with van der Waals surface area (Å²) >= 11 is 1.55. The maximum atomic E-state index is 5.28. The third kappa shape index (κ3) is 1.89. The predicted molar refractivity (Wildman–Crippen MR) is 50.4 cm³/mol. The second kappa shape index (κ2) is 3.90. The molecule has 0 aliphatic heterocycles. The van der Waals surface area contributed by atoms with Gasteiger partial charge in [0.05, 0.1) is 0 Å². The van der Waals surface area contributed by atoms with E-state index in [1.807, 2.05) is 24.3 Å². The van der Waals surface area contributed by atoms with E-state index >= 15 is 0 Å². The third-order valence-corrected chi connectivity index (χ3v) is 2.03. The molecule has 0 aromatic heterocycles. The van der Waals surface area contributed by atoms with Crippen LogP contribution in [0.1, 0.15) is 5.56 Å². The highest BCUT2D eigenvalue weighted by atomic mass is 32.2. The van der Waals surface area contributed by atoms with Gasteiger partial charge in [0.25, 0.3) is 0 Å². The lowest BCUT2D eigenvalue weighted by atomic mass is 10.2. The van der Waals surface area contributed by atoms with Gasteiger partial charge in [-0.1, -0.05) is 36.4 Å². The molecule has 0 aliphatic rings. The minimum Gasteiger partial charge on any atom is -0.115 e. The number of hydrogen-bond acceptors (Lipinski definition) is 1. The number of hydrogen-bond donors (Lipinski definition) is 0. The molecule has 0 atom stereocenters. The summed E-state index contributed by atoms with van der Waals surface area (Å²) in [4.78, 5) is 1.09. The van der Waals surface area contributed by atoms with Crippen molar-refractivity contribution in [1.82, 2.24) is 0 Å². The molecule has 0 saturated heterocycles. The number of terminal acetylenes is 1. The van der Waals surface area contributed by atoms with E-state index in [4.69, 9.17) is 6.42 Å². The fourth-order valence-electron chi connectivity index (χ4n) is 0.778. The van der Waals surface area contributed by atoms with Crippen LogP contribution in [0, 0.1) is 12.3 Å². The Morgan fingerprint density at radius 2 is 2.18 bits per heavy atom. The van der Waals surface area contributed by atoms with Crippen molar-refractivity contribution in [3.8, 4) is 12.3 Å². The van der Waals surface area contributed by atoms with Crippen molar-refractivity contribution in [2.75, 3.05) is 0 Å². The van der Waals surface area contributed by atoms with Crippen LogP contribution in [-0.4, -0.2) is 0 Å². The molecule has 0 N–H and O–H groups in total. The molecule has 0 nitrogen and oxygen atoms in total. The predicted octanol–water partition coefficient (Wildman–Crippen LogP) is 2.90. The Balaban J connectivity index is 3.04. The highest BCUT2D eigenvalue weighted by Crippen LogP contribution is 2.21. The second-order valence-corrected chi connectivity index (χ2v) is 2.93.